The lowest BCUT2D eigenvalue weighted by molar-refractivity contribution is 0.0996. The van der Waals surface area contributed by atoms with Gasteiger partial charge in [-0.2, -0.15) is 0 Å². The van der Waals surface area contributed by atoms with Crippen molar-refractivity contribution in [1.29, 1.82) is 0 Å². The number of benzene rings is 1. The third kappa shape index (κ3) is 1.47. The van der Waals surface area contributed by atoms with E-state index in [4.69, 9.17) is 13.6 Å². The Bertz CT molecular complexity index is 338. The molecule has 60 valence electrons. The molecule has 0 saturated carbocycles. The maximum atomic E-state index is 12.9. The molecule has 0 heterocycles. The number of aryl methyl sites for hydroxylation is 1. The molecule has 2 nitrogen and oxygen atoms in total. The number of hydrogen-bond donors (Lipinski definition) is 1. The lowest BCUT2D eigenvalue weighted by atomic mass is 9.89. The van der Waals surface area contributed by atoms with Crippen molar-refractivity contribution in [1.82, 2.24) is 0 Å². The summed E-state index contributed by atoms with van der Waals surface area (Å²) in [6, 6.07) is 2.43. The van der Waals surface area contributed by atoms with Crippen LogP contribution in [0.3, 0.4) is 0 Å². The van der Waals surface area contributed by atoms with Crippen LogP contribution in [0.1, 0.15) is 15.9 Å². The molecule has 0 unspecified atom stereocenters. The molecule has 0 aliphatic rings. The van der Waals surface area contributed by atoms with E-state index in [-0.39, 0.29) is 5.56 Å². The summed E-state index contributed by atoms with van der Waals surface area (Å²) in [5, 5.41) is 0. The van der Waals surface area contributed by atoms with Crippen molar-refractivity contribution in [3.05, 3.63) is 29.1 Å². The van der Waals surface area contributed by atoms with Crippen LogP contribution in [0.15, 0.2) is 12.1 Å². The Balaban J connectivity index is 3.33. The quantitative estimate of drug-likeness (QED) is 0.583. The van der Waals surface area contributed by atoms with Crippen molar-refractivity contribution in [2.45, 2.75) is 6.92 Å². The van der Waals surface area contributed by atoms with Crippen LogP contribution >= 0.6 is 0 Å². The lowest BCUT2D eigenvalue weighted by Crippen LogP contribution is -2.18. The summed E-state index contributed by atoms with van der Waals surface area (Å²) in [6.45, 7) is 1.66. The molecule has 0 aliphatic carbocycles. The highest BCUT2D eigenvalue weighted by Crippen LogP contribution is 2.06. The van der Waals surface area contributed by atoms with E-state index >= 15 is 0 Å². The van der Waals surface area contributed by atoms with Crippen LogP contribution in [0.4, 0.5) is 4.39 Å². The first-order valence-electron chi connectivity index (χ1n) is 3.38. The molecular weight excluding hydrogens is 156 g/mol. The molecule has 2 N–H and O–H groups in total. The van der Waals surface area contributed by atoms with Crippen LogP contribution in [-0.4, -0.2) is 13.8 Å². The molecule has 1 aromatic carbocycles. The summed E-state index contributed by atoms with van der Waals surface area (Å²) in [5.41, 5.74) is 5.69. The number of carbonyl (C=O) groups is 1. The van der Waals surface area contributed by atoms with Crippen molar-refractivity contribution in [2.75, 3.05) is 0 Å². The standard InChI is InChI=1S/C8H7BFNO/c1-4-2-7(10)5(8(11)12)3-6(4)9/h2-3H,1H3,(H2,11,12). The van der Waals surface area contributed by atoms with Gasteiger partial charge in [0.05, 0.1) is 5.56 Å². The Kier molecular flexibility index (Phi) is 2.17. The molecule has 0 bridgehead atoms. The van der Waals surface area contributed by atoms with E-state index in [1.54, 1.807) is 6.92 Å². The second-order valence-corrected chi connectivity index (χ2v) is 2.55. The summed E-state index contributed by atoms with van der Waals surface area (Å²) >= 11 is 0. The van der Waals surface area contributed by atoms with Crippen LogP contribution < -0.4 is 11.2 Å². The molecule has 0 spiro atoms. The molecular formula is C8H7BFNO. The summed E-state index contributed by atoms with van der Waals surface area (Å²) in [5.74, 6) is -1.44. The lowest BCUT2D eigenvalue weighted by Gasteiger charge is -2.03. The number of hydrogen-bond acceptors (Lipinski definition) is 1. The van der Waals surface area contributed by atoms with Crippen LogP contribution in [0.5, 0.6) is 0 Å². The third-order valence-corrected chi connectivity index (χ3v) is 1.62. The van der Waals surface area contributed by atoms with E-state index in [2.05, 4.69) is 0 Å². The molecule has 2 radical (unpaired) electrons. The van der Waals surface area contributed by atoms with Gasteiger partial charge in [-0.3, -0.25) is 4.79 Å². The Labute approximate surface area is 71.0 Å². The zero-order valence-electron chi connectivity index (χ0n) is 6.60. The zero-order chi connectivity index (χ0) is 9.30. The Morgan fingerprint density at radius 2 is 2.17 bits per heavy atom. The van der Waals surface area contributed by atoms with Gasteiger partial charge in [-0.05, 0) is 13.0 Å². The van der Waals surface area contributed by atoms with E-state index in [1.165, 1.54) is 12.1 Å². The van der Waals surface area contributed by atoms with E-state index in [0.29, 0.717) is 11.0 Å². The van der Waals surface area contributed by atoms with Gasteiger partial charge >= 0.3 is 0 Å². The van der Waals surface area contributed by atoms with Crippen molar-refractivity contribution in [3.63, 3.8) is 0 Å². The first kappa shape index (κ1) is 8.78. The Hall–Kier alpha value is -1.32. The molecule has 0 fully saturated rings. The first-order chi connectivity index (χ1) is 5.52. The van der Waals surface area contributed by atoms with Gasteiger partial charge in [0.25, 0.3) is 5.91 Å². The van der Waals surface area contributed by atoms with Crippen LogP contribution in [-0.2, 0) is 0 Å². The molecule has 4 heteroatoms. The average Bonchev–Trinajstić information content (AvgIpc) is 1.96. The number of nitrogens with two attached hydrogens (primary N) is 1. The SMILES string of the molecule is [B]c1cc(C(N)=O)c(F)cc1C. The smallest absolute Gasteiger partial charge is 0.251 e. The normalized spacial score (nSPS) is 9.83. The van der Waals surface area contributed by atoms with Crippen LogP contribution in [0.25, 0.3) is 0 Å². The third-order valence-electron chi connectivity index (χ3n) is 1.62. The molecule has 0 atom stereocenters. The van der Waals surface area contributed by atoms with Gasteiger partial charge in [-0.25, -0.2) is 4.39 Å². The molecule has 1 aromatic rings. The van der Waals surface area contributed by atoms with Crippen molar-refractivity contribution in [2.24, 2.45) is 5.73 Å². The van der Waals surface area contributed by atoms with E-state index < -0.39 is 11.7 Å². The number of halogens is 1. The summed E-state index contributed by atoms with van der Waals surface area (Å²) in [4.78, 5) is 10.6. The molecule has 12 heavy (non-hydrogen) atoms. The van der Waals surface area contributed by atoms with Gasteiger partial charge in [-0.15, -0.1) is 0 Å². The van der Waals surface area contributed by atoms with Gasteiger partial charge < -0.3 is 5.73 Å². The fraction of sp³-hybridized carbons (Fsp3) is 0.125. The fourth-order valence-corrected chi connectivity index (χ4v) is 0.878. The highest BCUT2D eigenvalue weighted by Gasteiger charge is 2.08. The van der Waals surface area contributed by atoms with Gasteiger partial charge in [0, 0.05) is 0 Å². The van der Waals surface area contributed by atoms with Gasteiger partial charge in [0.2, 0.25) is 0 Å². The second-order valence-electron chi connectivity index (χ2n) is 2.55. The minimum Gasteiger partial charge on any atom is -0.366 e. The minimum absolute atomic E-state index is 0.168. The average molecular weight is 163 g/mol. The largest absolute Gasteiger partial charge is 0.366 e. The molecule has 0 aromatic heterocycles. The zero-order valence-corrected chi connectivity index (χ0v) is 6.60. The minimum atomic E-state index is -0.806. The number of rotatable bonds is 1. The Morgan fingerprint density at radius 1 is 1.58 bits per heavy atom. The van der Waals surface area contributed by atoms with Crippen LogP contribution in [0.2, 0.25) is 0 Å². The highest BCUT2D eigenvalue weighted by molar-refractivity contribution is 6.33. The van der Waals surface area contributed by atoms with E-state index in [9.17, 15) is 9.18 Å². The predicted molar refractivity (Wildman–Crippen MR) is 45.0 cm³/mol. The second kappa shape index (κ2) is 2.97. The molecule has 1 rings (SSSR count). The Morgan fingerprint density at radius 3 is 2.67 bits per heavy atom. The van der Waals surface area contributed by atoms with Gasteiger partial charge in [0.1, 0.15) is 13.7 Å². The highest BCUT2D eigenvalue weighted by atomic mass is 19.1. The van der Waals surface area contributed by atoms with Gasteiger partial charge in [0.15, 0.2) is 0 Å². The summed E-state index contributed by atoms with van der Waals surface area (Å²) in [6.07, 6.45) is 0. The molecule has 0 saturated heterocycles. The maximum absolute atomic E-state index is 12.9. The number of primary amides is 1. The van der Waals surface area contributed by atoms with Gasteiger partial charge in [-0.1, -0.05) is 17.1 Å². The maximum Gasteiger partial charge on any atom is 0.251 e. The van der Waals surface area contributed by atoms with E-state index in [1.807, 2.05) is 0 Å². The summed E-state index contributed by atoms with van der Waals surface area (Å²) < 4.78 is 12.9. The summed E-state index contributed by atoms with van der Waals surface area (Å²) in [7, 11) is 5.45. The molecule has 1 amide bonds. The van der Waals surface area contributed by atoms with Crippen LogP contribution in [0, 0.1) is 12.7 Å². The monoisotopic (exact) mass is 163 g/mol. The first-order valence-corrected chi connectivity index (χ1v) is 3.38. The molecule has 0 aliphatic heterocycles. The van der Waals surface area contributed by atoms with Crippen molar-refractivity contribution < 1.29 is 9.18 Å². The van der Waals surface area contributed by atoms with Crippen molar-refractivity contribution >= 4 is 19.2 Å². The topological polar surface area (TPSA) is 43.1 Å². The predicted octanol–water partition coefficient (Wildman–Crippen LogP) is 0.0268. The van der Waals surface area contributed by atoms with E-state index in [0.717, 1.165) is 0 Å². The number of amides is 1. The van der Waals surface area contributed by atoms with Crippen molar-refractivity contribution in [3.8, 4) is 0 Å². The fourth-order valence-electron chi connectivity index (χ4n) is 0.878. The number of carbonyl (C=O) groups excluding carboxylic acids is 1.